The molecule has 0 aromatic heterocycles. The summed E-state index contributed by atoms with van der Waals surface area (Å²) in [4.78, 5) is 12.3. The van der Waals surface area contributed by atoms with Gasteiger partial charge in [-0.25, -0.2) is 0 Å². The van der Waals surface area contributed by atoms with Gasteiger partial charge in [-0.1, -0.05) is 31.7 Å². The van der Waals surface area contributed by atoms with Crippen LogP contribution in [0.4, 0.5) is 0 Å². The highest BCUT2D eigenvalue weighted by atomic mass is 16.5. The van der Waals surface area contributed by atoms with E-state index in [9.17, 15) is 9.90 Å². The van der Waals surface area contributed by atoms with E-state index in [1.807, 2.05) is 0 Å². The zero-order valence-electron chi connectivity index (χ0n) is 15.3. The van der Waals surface area contributed by atoms with Gasteiger partial charge >= 0.3 is 0 Å². The van der Waals surface area contributed by atoms with Crippen LogP contribution < -0.4 is 10.1 Å². The van der Waals surface area contributed by atoms with Crippen molar-refractivity contribution >= 4 is 5.91 Å². The number of amides is 1. The monoisotopic (exact) mass is 345 g/mol. The van der Waals surface area contributed by atoms with Crippen LogP contribution >= 0.6 is 0 Å². The van der Waals surface area contributed by atoms with Crippen LogP contribution in [0.5, 0.6) is 11.5 Å². The van der Waals surface area contributed by atoms with Gasteiger partial charge in [0.25, 0.3) is 0 Å². The summed E-state index contributed by atoms with van der Waals surface area (Å²) in [5.74, 6) is 2.43. The van der Waals surface area contributed by atoms with Gasteiger partial charge in [-0.15, -0.1) is 0 Å². The van der Waals surface area contributed by atoms with E-state index in [0.717, 1.165) is 30.2 Å². The second kappa shape index (κ2) is 8.59. The zero-order valence-corrected chi connectivity index (χ0v) is 15.3. The Hall–Kier alpha value is -1.71. The molecule has 4 heteroatoms. The molecule has 1 aromatic carbocycles. The van der Waals surface area contributed by atoms with Crippen molar-refractivity contribution in [2.24, 2.45) is 11.8 Å². The largest absolute Gasteiger partial charge is 0.504 e. The Balaban J connectivity index is 1.41. The van der Waals surface area contributed by atoms with E-state index in [0.29, 0.717) is 18.2 Å². The second-order valence-corrected chi connectivity index (χ2v) is 7.85. The number of carbonyl (C=O) groups is 1. The molecule has 0 aliphatic heterocycles. The Kier molecular flexibility index (Phi) is 6.22. The first kappa shape index (κ1) is 18.1. The lowest BCUT2D eigenvalue weighted by Crippen LogP contribution is -2.38. The zero-order chi connectivity index (χ0) is 17.6. The average Bonchev–Trinajstić information content (AvgIpc) is 3.11. The molecule has 0 unspecified atom stereocenters. The van der Waals surface area contributed by atoms with Gasteiger partial charge in [0.1, 0.15) is 0 Å². The maximum Gasteiger partial charge on any atom is 0.224 e. The van der Waals surface area contributed by atoms with Crippen LogP contribution in [-0.2, 0) is 11.2 Å². The van der Waals surface area contributed by atoms with Gasteiger partial charge in [0.05, 0.1) is 13.5 Å². The molecule has 0 saturated heterocycles. The Morgan fingerprint density at radius 1 is 1.12 bits per heavy atom. The molecule has 0 spiro atoms. The van der Waals surface area contributed by atoms with Crippen LogP contribution in [-0.4, -0.2) is 24.2 Å². The minimum absolute atomic E-state index is 0.0620. The molecule has 2 saturated carbocycles. The van der Waals surface area contributed by atoms with Crippen molar-refractivity contribution < 1.29 is 14.6 Å². The smallest absolute Gasteiger partial charge is 0.224 e. The molecule has 2 aliphatic carbocycles. The van der Waals surface area contributed by atoms with Crippen molar-refractivity contribution in [3.8, 4) is 11.5 Å². The van der Waals surface area contributed by atoms with E-state index in [1.165, 1.54) is 52.1 Å². The van der Waals surface area contributed by atoms with Crippen LogP contribution in [0.25, 0.3) is 0 Å². The molecule has 2 N–H and O–H groups in total. The number of methoxy groups -OCH3 is 1. The van der Waals surface area contributed by atoms with Crippen LogP contribution in [0, 0.1) is 11.8 Å². The summed E-state index contributed by atoms with van der Waals surface area (Å²) < 4.78 is 5.10. The summed E-state index contributed by atoms with van der Waals surface area (Å²) in [5, 5.41) is 12.8. The van der Waals surface area contributed by atoms with Crippen LogP contribution in [0.1, 0.15) is 63.4 Å². The first-order valence-electron chi connectivity index (χ1n) is 9.79. The molecule has 1 amide bonds. The van der Waals surface area contributed by atoms with Crippen LogP contribution in [0.15, 0.2) is 18.2 Å². The molecule has 138 valence electrons. The molecule has 2 fully saturated rings. The standard InChI is InChI=1S/C21H31NO3/c1-25-20-13-17(8-11-19(20)23)14-21(24)22-18-9-6-16(7-10-18)12-15-4-2-3-5-15/h8,11,13,15-16,18,23H,2-7,9-10,12,14H2,1H3,(H,22,24)/t16-,18-. The van der Waals surface area contributed by atoms with Crippen molar-refractivity contribution in [1.82, 2.24) is 5.32 Å². The van der Waals surface area contributed by atoms with Crippen molar-refractivity contribution in [3.63, 3.8) is 0 Å². The lowest BCUT2D eigenvalue weighted by molar-refractivity contribution is -0.121. The summed E-state index contributed by atoms with van der Waals surface area (Å²) in [6.07, 6.45) is 12.2. The van der Waals surface area contributed by atoms with E-state index in [1.54, 1.807) is 18.2 Å². The number of carbonyl (C=O) groups excluding carboxylic acids is 1. The molecule has 3 rings (SSSR count). The highest BCUT2D eigenvalue weighted by Crippen LogP contribution is 2.36. The summed E-state index contributed by atoms with van der Waals surface area (Å²) in [5.41, 5.74) is 0.863. The number of hydrogen-bond donors (Lipinski definition) is 2. The number of nitrogens with one attached hydrogen (secondary N) is 1. The minimum Gasteiger partial charge on any atom is -0.504 e. The topological polar surface area (TPSA) is 58.6 Å². The quantitative estimate of drug-likeness (QED) is 0.812. The van der Waals surface area contributed by atoms with Gasteiger partial charge in [0, 0.05) is 6.04 Å². The average molecular weight is 345 g/mol. The first-order chi connectivity index (χ1) is 12.1. The molecule has 4 nitrogen and oxygen atoms in total. The Morgan fingerprint density at radius 3 is 2.48 bits per heavy atom. The molecule has 0 heterocycles. The molecule has 1 aromatic rings. The van der Waals surface area contributed by atoms with Gasteiger partial charge in [0.2, 0.25) is 5.91 Å². The maximum atomic E-state index is 12.3. The van der Waals surface area contributed by atoms with Crippen molar-refractivity contribution in [3.05, 3.63) is 23.8 Å². The molecule has 25 heavy (non-hydrogen) atoms. The Bertz CT molecular complexity index is 573. The number of phenolic OH excluding ortho intramolecular Hbond substituents is 1. The first-order valence-corrected chi connectivity index (χ1v) is 9.79. The maximum absolute atomic E-state index is 12.3. The van der Waals surface area contributed by atoms with Gasteiger partial charge in [-0.3, -0.25) is 4.79 Å². The number of rotatable bonds is 6. The van der Waals surface area contributed by atoms with Crippen LogP contribution in [0.2, 0.25) is 0 Å². The predicted molar refractivity (Wildman–Crippen MR) is 98.8 cm³/mol. The second-order valence-electron chi connectivity index (χ2n) is 7.85. The van der Waals surface area contributed by atoms with E-state index in [4.69, 9.17) is 4.74 Å². The Labute approximate surface area is 151 Å². The molecule has 2 aliphatic rings. The minimum atomic E-state index is 0.0620. The summed E-state index contributed by atoms with van der Waals surface area (Å²) in [7, 11) is 1.52. The number of aromatic hydroxyl groups is 1. The van der Waals surface area contributed by atoms with Gasteiger partial charge < -0.3 is 15.2 Å². The number of ether oxygens (including phenoxy) is 1. The van der Waals surface area contributed by atoms with E-state index in [-0.39, 0.29) is 11.7 Å². The SMILES string of the molecule is COc1cc(CC(=O)N[C@H]2CC[C@H](CC3CCCC3)CC2)ccc1O. The van der Waals surface area contributed by atoms with Crippen molar-refractivity contribution in [1.29, 1.82) is 0 Å². The van der Waals surface area contributed by atoms with E-state index >= 15 is 0 Å². The third-order valence-corrected chi connectivity index (χ3v) is 5.96. The normalized spacial score (nSPS) is 24.2. The predicted octanol–water partition coefficient (Wildman–Crippen LogP) is 4.20. The van der Waals surface area contributed by atoms with Crippen molar-refractivity contribution in [2.45, 2.75) is 70.3 Å². The van der Waals surface area contributed by atoms with Crippen LogP contribution in [0.3, 0.4) is 0 Å². The number of benzene rings is 1. The summed E-state index contributed by atoms with van der Waals surface area (Å²) >= 11 is 0. The third kappa shape index (κ3) is 5.13. The van der Waals surface area contributed by atoms with E-state index in [2.05, 4.69) is 5.32 Å². The summed E-state index contributed by atoms with van der Waals surface area (Å²) in [6.45, 7) is 0. The molecule has 0 radical (unpaired) electrons. The van der Waals surface area contributed by atoms with Gasteiger partial charge in [0.15, 0.2) is 11.5 Å². The summed E-state index contributed by atoms with van der Waals surface area (Å²) in [6, 6.07) is 5.41. The molecule has 0 atom stereocenters. The van der Waals surface area contributed by atoms with E-state index < -0.39 is 0 Å². The third-order valence-electron chi connectivity index (χ3n) is 5.96. The fourth-order valence-electron chi connectivity index (χ4n) is 4.56. The highest BCUT2D eigenvalue weighted by Gasteiger charge is 2.26. The fourth-order valence-corrected chi connectivity index (χ4v) is 4.56. The Morgan fingerprint density at radius 2 is 1.80 bits per heavy atom. The fraction of sp³-hybridized carbons (Fsp3) is 0.667. The lowest BCUT2D eigenvalue weighted by Gasteiger charge is -2.30. The van der Waals surface area contributed by atoms with Crippen molar-refractivity contribution in [2.75, 3.05) is 7.11 Å². The number of phenols is 1. The van der Waals surface area contributed by atoms with Gasteiger partial charge in [-0.2, -0.15) is 0 Å². The van der Waals surface area contributed by atoms with Gasteiger partial charge in [-0.05, 0) is 61.6 Å². The highest BCUT2D eigenvalue weighted by molar-refractivity contribution is 5.79. The number of hydrogen-bond acceptors (Lipinski definition) is 3. The molecule has 0 bridgehead atoms. The molecular weight excluding hydrogens is 314 g/mol. The lowest BCUT2D eigenvalue weighted by atomic mass is 9.80. The molecular formula is C21H31NO3.